The van der Waals surface area contributed by atoms with Crippen LogP contribution < -0.4 is 5.32 Å². The zero-order chi connectivity index (χ0) is 11.0. The Bertz CT molecular complexity index is 361. The zero-order valence-corrected chi connectivity index (χ0v) is 10.00. The van der Waals surface area contributed by atoms with Crippen molar-refractivity contribution in [2.24, 2.45) is 11.3 Å². The first-order chi connectivity index (χ1) is 7.78. The van der Waals surface area contributed by atoms with Gasteiger partial charge in [0, 0.05) is 19.3 Å². The number of aromatic nitrogens is 1. The van der Waals surface area contributed by atoms with Gasteiger partial charge in [-0.05, 0) is 55.6 Å². The van der Waals surface area contributed by atoms with Gasteiger partial charge in [0.2, 0.25) is 0 Å². The molecule has 0 amide bonds. The van der Waals surface area contributed by atoms with E-state index in [2.05, 4.69) is 29.4 Å². The van der Waals surface area contributed by atoms with E-state index in [4.69, 9.17) is 0 Å². The van der Waals surface area contributed by atoms with Gasteiger partial charge in [0.05, 0.1) is 5.69 Å². The predicted octanol–water partition coefficient (Wildman–Crippen LogP) is 2.67. The second kappa shape index (κ2) is 3.85. The van der Waals surface area contributed by atoms with Gasteiger partial charge >= 0.3 is 0 Å². The molecule has 16 heavy (non-hydrogen) atoms. The van der Waals surface area contributed by atoms with E-state index in [9.17, 15) is 0 Å². The largest absolute Gasteiger partial charge is 0.311 e. The molecule has 1 aromatic rings. The van der Waals surface area contributed by atoms with E-state index in [1.54, 1.807) is 0 Å². The molecule has 0 saturated heterocycles. The van der Waals surface area contributed by atoms with Gasteiger partial charge in [-0.3, -0.25) is 4.98 Å². The van der Waals surface area contributed by atoms with Crippen molar-refractivity contribution in [2.45, 2.75) is 39.2 Å². The highest BCUT2D eigenvalue weighted by atomic mass is 14.9. The molecule has 1 N–H and O–H groups in total. The highest BCUT2D eigenvalue weighted by molar-refractivity contribution is 5.12. The van der Waals surface area contributed by atoms with E-state index in [1.165, 1.54) is 37.8 Å². The van der Waals surface area contributed by atoms with Gasteiger partial charge in [0.15, 0.2) is 0 Å². The Morgan fingerprint density at radius 3 is 2.75 bits per heavy atom. The molecule has 1 heterocycles. The quantitative estimate of drug-likeness (QED) is 0.818. The number of rotatable bonds is 5. The van der Waals surface area contributed by atoms with Crippen molar-refractivity contribution in [1.29, 1.82) is 0 Å². The summed E-state index contributed by atoms with van der Waals surface area (Å²) in [5.74, 6) is 1.05. The minimum atomic E-state index is 0.699. The number of aryl methyl sites for hydroxylation is 1. The summed E-state index contributed by atoms with van der Waals surface area (Å²) in [6.07, 6.45) is 7.80. The van der Waals surface area contributed by atoms with E-state index >= 15 is 0 Å². The summed E-state index contributed by atoms with van der Waals surface area (Å²) in [6, 6.07) is 4.26. The third kappa shape index (κ3) is 2.12. The van der Waals surface area contributed by atoms with Gasteiger partial charge in [-0.2, -0.15) is 0 Å². The Kier molecular flexibility index (Phi) is 2.47. The van der Waals surface area contributed by atoms with E-state index in [0.29, 0.717) is 5.41 Å². The summed E-state index contributed by atoms with van der Waals surface area (Å²) in [7, 11) is 0. The molecule has 2 aliphatic carbocycles. The van der Waals surface area contributed by atoms with E-state index in [0.717, 1.165) is 18.2 Å². The van der Waals surface area contributed by atoms with Crippen molar-refractivity contribution in [3.63, 3.8) is 0 Å². The molecular weight excluding hydrogens is 196 g/mol. The fourth-order valence-corrected chi connectivity index (χ4v) is 2.63. The van der Waals surface area contributed by atoms with E-state index < -0.39 is 0 Å². The maximum Gasteiger partial charge on any atom is 0.0541 e. The van der Waals surface area contributed by atoms with Crippen LogP contribution in [0.3, 0.4) is 0 Å². The number of nitrogens with zero attached hydrogens (tertiary/aromatic N) is 1. The van der Waals surface area contributed by atoms with Crippen LogP contribution in [-0.2, 0) is 6.54 Å². The lowest BCUT2D eigenvalue weighted by atomic mass is 10.0. The first-order valence-corrected chi connectivity index (χ1v) is 6.41. The van der Waals surface area contributed by atoms with Crippen LogP contribution in [0.15, 0.2) is 18.3 Å². The van der Waals surface area contributed by atoms with E-state index in [-0.39, 0.29) is 0 Å². The van der Waals surface area contributed by atoms with Gasteiger partial charge in [-0.15, -0.1) is 0 Å². The van der Waals surface area contributed by atoms with Crippen LogP contribution in [-0.4, -0.2) is 11.5 Å². The molecule has 0 unspecified atom stereocenters. The molecule has 2 aliphatic rings. The van der Waals surface area contributed by atoms with Crippen LogP contribution in [0, 0.1) is 18.3 Å². The highest BCUT2D eigenvalue weighted by Crippen LogP contribution is 2.60. The summed E-state index contributed by atoms with van der Waals surface area (Å²) in [4.78, 5) is 4.42. The van der Waals surface area contributed by atoms with Crippen LogP contribution in [0.5, 0.6) is 0 Å². The van der Waals surface area contributed by atoms with Gasteiger partial charge in [-0.25, -0.2) is 0 Å². The fraction of sp³-hybridized carbons (Fsp3) is 0.643. The monoisotopic (exact) mass is 216 g/mol. The Hall–Kier alpha value is -0.890. The maximum absolute atomic E-state index is 4.42. The highest BCUT2D eigenvalue weighted by Gasteiger charge is 2.53. The number of nitrogens with one attached hydrogen (secondary N) is 1. The maximum atomic E-state index is 4.42. The average Bonchev–Trinajstić information content (AvgIpc) is 3.15. The summed E-state index contributed by atoms with van der Waals surface area (Å²) in [5, 5.41) is 3.58. The van der Waals surface area contributed by atoms with Gasteiger partial charge in [-0.1, -0.05) is 6.07 Å². The Labute approximate surface area is 97.5 Å². The van der Waals surface area contributed by atoms with Crippen LogP contribution in [0.1, 0.15) is 36.9 Å². The molecule has 0 atom stereocenters. The molecule has 0 aliphatic heterocycles. The Balaban J connectivity index is 1.48. The first-order valence-electron chi connectivity index (χ1n) is 6.41. The molecule has 3 rings (SSSR count). The molecule has 0 radical (unpaired) electrons. The van der Waals surface area contributed by atoms with Crippen molar-refractivity contribution in [3.05, 3.63) is 29.6 Å². The second-order valence-corrected chi connectivity index (χ2v) is 5.57. The van der Waals surface area contributed by atoms with Crippen molar-refractivity contribution in [3.8, 4) is 0 Å². The van der Waals surface area contributed by atoms with Crippen molar-refractivity contribution >= 4 is 0 Å². The fourth-order valence-electron chi connectivity index (χ4n) is 2.63. The smallest absolute Gasteiger partial charge is 0.0541 e. The van der Waals surface area contributed by atoms with E-state index in [1.807, 2.05) is 6.20 Å². The molecule has 2 fully saturated rings. The molecule has 2 nitrogen and oxygen atoms in total. The predicted molar refractivity (Wildman–Crippen MR) is 65.1 cm³/mol. The minimum absolute atomic E-state index is 0.699. The summed E-state index contributed by atoms with van der Waals surface area (Å²) >= 11 is 0. The van der Waals surface area contributed by atoms with Gasteiger partial charge in [0.1, 0.15) is 0 Å². The topological polar surface area (TPSA) is 24.9 Å². The molecule has 0 bridgehead atoms. The molecule has 2 saturated carbocycles. The van der Waals surface area contributed by atoms with Crippen LogP contribution >= 0.6 is 0 Å². The summed E-state index contributed by atoms with van der Waals surface area (Å²) in [5.41, 5.74) is 3.10. The molecule has 86 valence electrons. The molecule has 0 aromatic carbocycles. The third-order valence-corrected chi connectivity index (χ3v) is 4.09. The lowest BCUT2D eigenvalue weighted by molar-refractivity contribution is 0.402. The van der Waals surface area contributed by atoms with Crippen LogP contribution in [0.2, 0.25) is 0 Å². The lowest BCUT2D eigenvalue weighted by Crippen LogP contribution is -2.25. The second-order valence-electron chi connectivity index (χ2n) is 5.57. The summed E-state index contributed by atoms with van der Waals surface area (Å²) in [6.45, 7) is 4.21. The third-order valence-electron chi connectivity index (χ3n) is 4.09. The first kappa shape index (κ1) is 10.3. The molecule has 2 heteroatoms. The van der Waals surface area contributed by atoms with Crippen molar-refractivity contribution in [1.82, 2.24) is 10.3 Å². The SMILES string of the molecule is Cc1ccc(CNCC2(C3CC3)CC2)nc1. The van der Waals surface area contributed by atoms with Crippen molar-refractivity contribution in [2.75, 3.05) is 6.54 Å². The average molecular weight is 216 g/mol. The number of pyridine rings is 1. The van der Waals surface area contributed by atoms with Crippen LogP contribution in [0.25, 0.3) is 0 Å². The lowest BCUT2D eigenvalue weighted by Gasteiger charge is -2.14. The molecule has 1 aromatic heterocycles. The Morgan fingerprint density at radius 2 is 2.19 bits per heavy atom. The van der Waals surface area contributed by atoms with Crippen LogP contribution in [0.4, 0.5) is 0 Å². The Morgan fingerprint density at radius 1 is 1.38 bits per heavy atom. The minimum Gasteiger partial charge on any atom is -0.311 e. The van der Waals surface area contributed by atoms with Gasteiger partial charge < -0.3 is 5.32 Å². The molecule has 0 spiro atoms. The van der Waals surface area contributed by atoms with Gasteiger partial charge in [0.25, 0.3) is 0 Å². The number of hydrogen-bond donors (Lipinski definition) is 1. The molecular formula is C14H20N2. The zero-order valence-electron chi connectivity index (χ0n) is 10.00. The van der Waals surface area contributed by atoms with Crippen molar-refractivity contribution < 1.29 is 0 Å². The standard InChI is InChI=1S/C14H20N2/c1-11-2-5-13(16-8-11)9-15-10-14(6-7-14)12-3-4-12/h2,5,8,12,15H,3-4,6-7,9-10H2,1H3. The number of hydrogen-bond acceptors (Lipinski definition) is 2. The normalized spacial score (nSPS) is 22.1. The summed E-state index contributed by atoms with van der Waals surface area (Å²) < 4.78 is 0.